The van der Waals surface area contributed by atoms with Crippen molar-refractivity contribution < 1.29 is 14.0 Å². The maximum Gasteiger partial charge on any atom is 0.255 e. The van der Waals surface area contributed by atoms with Gasteiger partial charge < -0.3 is 10.6 Å². The SMILES string of the molecule is O=C1Cc2ccc(C(=O)Nc3c(F)cccc3Br)cc2N1. The molecule has 0 aliphatic carbocycles. The van der Waals surface area contributed by atoms with Gasteiger partial charge in [-0.25, -0.2) is 4.39 Å². The Kier molecular flexibility index (Phi) is 3.47. The van der Waals surface area contributed by atoms with Crippen molar-refractivity contribution in [2.75, 3.05) is 10.6 Å². The first kappa shape index (κ1) is 13.8. The van der Waals surface area contributed by atoms with E-state index < -0.39 is 11.7 Å². The van der Waals surface area contributed by atoms with Gasteiger partial charge in [0.15, 0.2) is 0 Å². The topological polar surface area (TPSA) is 58.2 Å². The zero-order valence-corrected chi connectivity index (χ0v) is 12.3. The van der Waals surface area contributed by atoms with E-state index >= 15 is 0 Å². The highest BCUT2D eigenvalue weighted by atomic mass is 79.9. The first-order valence-corrected chi connectivity index (χ1v) is 7.02. The highest BCUT2D eigenvalue weighted by molar-refractivity contribution is 9.10. The summed E-state index contributed by atoms with van der Waals surface area (Å²) in [6.07, 6.45) is 0.316. The zero-order chi connectivity index (χ0) is 15.0. The van der Waals surface area contributed by atoms with Crippen LogP contribution < -0.4 is 10.6 Å². The number of anilines is 2. The summed E-state index contributed by atoms with van der Waals surface area (Å²) in [5, 5.41) is 5.20. The van der Waals surface area contributed by atoms with Crippen molar-refractivity contribution in [3.05, 3.63) is 57.8 Å². The van der Waals surface area contributed by atoms with E-state index in [0.29, 0.717) is 22.1 Å². The molecule has 1 heterocycles. The van der Waals surface area contributed by atoms with Crippen LogP contribution in [0.3, 0.4) is 0 Å². The Balaban J connectivity index is 1.87. The molecule has 1 aliphatic rings. The number of hydrogen-bond donors (Lipinski definition) is 2. The maximum absolute atomic E-state index is 13.7. The van der Waals surface area contributed by atoms with Crippen molar-refractivity contribution in [3.8, 4) is 0 Å². The van der Waals surface area contributed by atoms with Crippen LogP contribution in [0.25, 0.3) is 0 Å². The molecule has 1 aliphatic heterocycles. The second kappa shape index (κ2) is 5.29. The lowest BCUT2D eigenvalue weighted by Crippen LogP contribution is -2.13. The van der Waals surface area contributed by atoms with Gasteiger partial charge in [0.25, 0.3) is 5.91 Å². The lowest BCUT2D eigenvalue weighted by Gasteiger charge is -2.09. The molecule has 0 saturated carbocycles. The normalized spacial score (nSPS) is 12.8. The molecule has 0 saturated heterocycles. The summed E-state index contributed by atoms with van der Waals surface area (Å²) >= 11 is 3.19. The molecule has 0 unspecified atom stereocenters. The van der Waals surface area contributed by atoms with Gasteiger partial charge in [0.2, 0.25) is 5.91 Å². The molecule has 0 aromatic heterocycles. The Hall–Kier alpha value is -2.21. The third-order valence-electron chi connectivity index (χ3n) is 3.20. The maximum atomic E-state index is 13.7. The fourth-order valence-corrected chi connectivity index (χ4v) is 2.60. The van der Waals surface area contributed by atoms with E-state index in [1.807, 2.05) is 0 Å². The predicted molar refractivity (Wildman–Crippen MR) is 80.8 cm³/mol. The second-order valence-electron chi connectivity index (χ2n) is 4.65. The molecule has 2 N–H and O–H groups in total. The summed E-state index contributed by atoms with van der Waals surface area (Å²) in [6.45, 7) is 0. The number of benzene rings is 2. The Morgan fingerprint density at radius 1 is 1.29 bits per heavy atom. The van der Waals surface area contributed by atoms with Crippen molar-refractivity contribution in [1.29, 1.82) is 0 Å². The van der Waals surface area contributed by atoms with Gasteiger partial charge in [-0.1, -0.05) is 12.1 Å². The van der Waals surface area contributed by atoms with E-state index in [4.69, 9.17) is 0 Å². The van der Waals surface area contributed by atoms with Crippen molar-refractivity contribution in [2.45, 2.75) is 6.42 Å². The molecule has 0 atom stereocenters. The number of halogens is 2. The summed E-state index contributed by atoms with van der Waals surface area (Å²) in [7, 11) is 0. The molecule has 0 bridgehead atoms. The predicted octanol–water partition coefficient (Wildman–Crippen LogP) is 3.34. The zero-order valence-electron chi connectivity index (χ0n) is 10.7. The molecule has 21 heavy (non-hydrogen) atoms. The highest BCUT2D eigenvalue weighted by Gasteiger charge is 2.19. The number of nitrogens with one attached hydrogen (secondary N) is 2. The van der Waals surface area contributed by atoms with E-state index in [1.54, 1.807) is 30.3 Å². The fourth-order valence-electron chi connectivity index (χ4n) is 2.16. The third kappa shape index (κ3) is 2.67. The van der Waals surface area contributed by atoms with Crippen molar-refractivity contribution in [2.24, 2.45) is 0 Å². The molecular formula is C15H10BrFN2O2. The molecule has 0 fully saturated rings. The summed E-state index contributed by atoms with van der Waals surface area (Å²) in [6, 6.07) is 9.37. The van der Waals surface area contributed by atoms with Gasteiger partial charge in [0, 0.05) is 15.7 Å². The van der Waals surface area contributed by atoms with Gasteiger partial charge in [-0.05, 0) is 45.8 Å². The van der Waals surface area contributed by atoms with Crippen LogP contribution >= 0.6 is 15.9 Å². The molecule has 3 rings (SSSR count). The van der Waals surface area contributed by atoms with Crippen LogP contribution in [0.15, 0.2) is 40.9 Å². The van der Waals surface area contributed by atoms with Crippen LogP contribution in [-0.4, -0.2) is 11.8 Å². The molecule has 106 valence electrons. The lowest BCUT2D eigenvalue weighted by atomic mass is 10.1. The molecule has 6 heteroatoms. The molecule has 2 aromatic rings. The van der Waals surface area contributed by atoms with E-state index in [1.165, 1.54) is 6.07 Å². The summed E-state index contributed by atoms with van der Waals surface area (Å²) in [4.78, 5) is 23.5. The van der Waals surface area contributed by atoms with Gasteiger partial charge in [0.05, 0.1) is 12.1 Å². The third-order valence-corrected chi connectivity index (χ3v) is 3.86. The Morgan fingerprint density at radius 2 is 2.10 bits per heavy atom. The smallest absolute Gasteiger partial charge is 0.255 e. The average molecular weight is 349 g/mol. The molecule has 4 nitrogen and oxygen atoms in total. The van der Waals surface area contributed by atoms with Crippen LogP contribution in [-0.2, 0) is 11.2 Å². The monoisotopic (exact) mass is 348 g/mol. The van der Waals surface area contributed by atoms with Crippen molar-refractivity contribution in [3.63, 3.8) is 0 Å². The molecular weight excluding hydrogens is 339 g/mol. The van der Waals surface area contributed by atoms with Gasteiger partial charge in [-0.2, -0.15) is 0 Å². The number of hydrogen-bond acceptors (Lipinski definition) is 2. The van der Waals surface area contributed by atoms with Gasteiger partial charge in [-0.3, -0.25) is 9.59 Å². The van der Waals surface area contributed by atoms with Crippen molar-refractivity contribution in [1.82, 2.24) is 0 Å². The van der Waals surface area contributed by atoms with Crippen LogP contribution in [0.2, 0.25) is 0 Å². The van der Waals surface area contributed by atoms with Crippen molar-refractivity contribution >= 4 is 39.1 Å². The number of fused-ring (bicyclic) bond motifs is 1. The minimum Gasteiger partial charge on any atom is -0.326 e. The molecule has 0 spiro atoms. The first-order valence-electron chi connectivity index (χ1n) is 6.23. The minimum absolute atomic E-state index is 0.0898. The van der Waals surface area contributed by atoms with Crippen LogP contribution in [0.1, 0.15) is 15.9 Å². The number of carbonyl (C=O) groups is 2. The Morgan fingerprint density at radius 3 is 2.86 bits per heavy atom. The highest BCUT2D eigenvalue weighted by Crippen LogP contribution is 2.27. The van der Waals surface area contributed by atoms with E-state index in [0.717, 1.165) is 5.56 Å². The number of rotatable bonds is 2. The fraction of sp³-hybridized carbons (Fsp3) is 0.0667. The Bertz CT molecular complexity index is 741. The van der Waals surface area contributed by atoms with Gasteiger partial charge in [-0.15, -0.1) is 0 Å². The first-order chi connectivity index (χ1) is 10.0. The standard InChI is InChI=1S/C15H10BrFN2O2/c16-10-2-1-3-11(17)14(10)19-15(21)9-5-4-8-7-13(20)18-12(8)6-9/h1-6H,7H2,(H,18,20)(H,19,21). The molecule has 2 amide bonds. The second-order valence-corrected chi connectivity index (χ2v) is 5.50. The lowest BCUT2D eigenvalue weighted by molar-refractivity contribution is -0.115. The number of para-hydroxylation sites is 1. The summed E-state index contributed by atoms with van der Waals surface area (Å²) in [5.41, 5.74) is 1.92. The Labute approximate surface area is 128 Å². The van der Waals surface area contributed by atoms with E-state index in [2.05, 4.69) is 26.6 Å². The number of amides is 2. The van der Waals surface area contributed by atoms with E-state index in [9.17, 15) is 14.0 Å². The summed E-state index contributed by atoms with van der Waals surface area (Å²) < 4.78 is 14.2. The van der Waals surface area contributed by atoms with Gasteiger partial charge >= 0.3 is 0 Å². The largest absolute Gasteiger partial charge is 0.326 e. The summed E-state index contributed by atoms with van der Waals surface area (Å²) in [5.74, 6) is -1.06. The van der Waals surface area contributed by atoms with Crippen LogP contribution in [0.4, 0.5) is 15.8 Å². The van der Waals surface area contributed by atoms with Gasteiger partial charge in [0.1, 0.15) is 5.82 Å². The average Bonchev–Trinajstić information content (AvgIpc) is 2.81. The van der Waals surface area contributed by atoms with Crippen LogP contribution in [0, 0.1) is 5.82 Å². The quantitative estimate of drug-likeness (QED) is 0.874. The molecule has 2 aromatic carbocycles. The minimum atomic E-state index is -0.521. The van der Waals surface area contributed by atoms with E-state index in [-0.39, 0.29) is 11.6 Å². The van der Waals surface area contributed by atoms with Crippen LogP contribution in [0.5, 0.6) is 0 Å². The number of carbonyl (C=O) groups excluding carboxylic acids is 2. The molecule has 0 radical (unpaired) electrons.